The van der Waals surface area contributed by atoms with Crippen LogP contribution in [0, 0.1) is 11.3 Å². The zero-order valence-corrected chi connectivity index (χ0v) is 17.4. The molecule has 1 aromatic carbocycles. The van der Waals surface area contributed by atoms with Gasteiger partial charge in [-0.3, -0.25) is 14.4 Å². The number of H-pyrrole nitrogens is 1. The van der Waals surface area contributed by atoms with Crippen LogP contribution in [0.1, 0.15) is 24.8 Å². The maximum Gasteiger partial charge on any atom is 0.326 e. The van der Waals surface area contributed by atoms with Gasteiger partial charge in [0.2, 0.25) is 11.8 Å². The molecule has 1 fully saturated rings. The molecule has 32 heavy (non-hydrogen) atoms. The fourth-order valence-electron chi connectivity index (χ4n) is 3.65. The van der Waals surface area contributed by atoms with E-state index in [2.05, 4.69) is 15.6 Å². The molecule has 2 amide bonds. The lowest BCUT2D eigenvalue weighted by Gasteiger charge is -2.22. The lowest BCUT2D eigenvalue weighted by atomic mass is 10.0. The van der Waals surface area contributed by atoms with E-state index < -0.39 is 29.7 Å². The van der Waals surface area contributed by atoms with Crippen molar-refractivity contribution in [2.24, 2.45) is 5.92 Å². The second-order valence-electron chi connectivity index (χ2n) is 7.73. The van der Waals surface area contributed by atoms with Crippen molar-refractivity contribution >= 4 is 40.7 Å². The van der Waals surface area contributed by atoms with E-state index in [-0.39, 0.29) is 37.7 Å². The molecule has 3 atom stereocenters. The second kappa shape index (κ2) is 10.7. The molecule has 1 aliphatic heterocycles. The zero-order chi connectivity index (χ0) is 23.1. The molecule has 0 saturated carbocycles. The molecule has 0 spiro atoms. The Hall–Kier alpha value is -3.53. The van der Waals surface area contributed by atoms with Gasteiger partial charge in [0.05, 0.1) is 18.7 Å². The first-order chi connectivity index (χ1) is 15.4. The van der Waals surface area contributed by atoms with Gasteiger partial charge in [-0.2, -0.15) is 0 Å². The Labute approximate surface area is 184 Å². The summed E-state index contributed by atoms with van der Waals surface area (Å²) in [5.41, 5.74) is 1.68. The van der Waals surface area contributed by atoms with Crippen LogP contribution in [0.2, 0.25) is 0 Å². The van der Waals surface area contributed by atoms with Crippen LogP contribution in [0.15, 0.2) is 30.5 Å². The lowest BCUT2D eigenvalue weighted by Crippen LogP contribution is -2.53. The first-order valence-electron chi connectivity index (χ1n) is 10.4. The van der Waals surface area contributed by atoms with Crippen LogP contribution in [-0.4, -0.2) is 65.2 Å². The summed E-state index contributed by atoms with van der Waals surface area (Å²) in [4.78, 5) is 51.8. The summed E-state index contributed by atoms with van der Waals surface area (Å²) in [5.74, 6) is -3.17. The number of para-hydroxylation sites is 1. The van der Waals surface area contributed by atoms with E-state index in [1.54, 1.807) is 6.20 Å². The van der Waals surface area contributed by atoms with Crippen LogP contribution in [0.5, 0.6) is 0 Å². The van der Waals surface area contributed by atoms with E-state index in [0.29, 0.717) is 19.2 Å². The largest absolute Gasteiger partial charge is 0.480 e. The smallest absolute Gasteiger partial charge is 0.326 e. The highest BCUT2D eigenvalue weighted by Crippen LogP contribution is 2.20. The number of carboxylic acids is 1. The van der Waals surface area contributed by atoms with Crippen LogP contribution in [-0.2, 0) is 30.3 Å². The Morgan fingerprint density at radius 2 is 2.00 bits per heavy atom. The number of ketones is 1. The van der Waals surface area contributed by atoms with Gasteiger partial charge >= 0.3 is 5.97 Å². The first-order valence-corrected chi connectivity index (χ1v) is 10.4. The minimum absolute atomic E-state index is 0.153. The third-order valence-electron chi connectivity index (χ3n) is 5.49. The van der Waals surface area contributed by atoms with E-state index in [9.17, 15) is 24.3 Å². The van der Waals surface area contributed by atoms with Gasteiger partial charge in [-0.15, -0.1) is 0 Å². The molecule has 1 saturated heterocycles. The molecule has 2 aromatic rings. The highest BCUT2D eigenvalue weighted by atomic mass is 16.5. The summed E-state index contributed by atoms with van der Waals surface area (Å²) < 4.78 is 5.25. The number of fused-ring (bicyclic) bond motifs is 1. The number of ether oxygens (including phenoxy) is 1. The first kappa shape index (κ1) is 23.1. The molecule has 0 bridgehead atoms. The number of amides is 2. The predicted molar refractivity (Wildman–Crippen MR) is 115 cm³/mol. The number of Topliss-reactive ketones (excluding diaryl/α,β-unsaturated/α-hetero) is 1. The highest BCUT2D eigenvalue weighted by Gasteiger charge is 2.31. The van der Waals surface area contributed by atoms with Crippen molar-refractivity contribution in [2.75, 3.05) is 13.2 Å². The number of carboxylic acid groups (broad SMARTS) is 1. The Balaban J connectivity index is 1.77. The normalized spacial score (nSPS) is 17.4. The third kappa shape index (κ3) is 5.79. The van der Waals surface area contributed by atoms with Gasteiger partial charge in [-0.05, 0) is 24.5 Å². The molecule has 10 nitrogen and oxygen atoms in total. The Morgan fingerprint density at radius 1 is 1.22 bits per heavy atom. The van der Waals surface area contributed by atoms with Crippen molar-refractivity contribution in [3.8, 4) is 0 Å². The Kier molecular flexibility index (Phi) is 7.72. The van der Waals surface area contributed by atoms with Gasteiger partial charge in [0.25, 0.3) is 0 Å². The van der Waals surface area contributed by atoms with Crippen molar-refractivity contribution in [2.45, 2.75) is 37.8 Å². The van der Waals surface area contributed by atoms with Crippen LogP contribution in [0.3, 0.4) is 0 Å². The van der Waals surface area contributed by atoms with E-state index in [4.69, 9.17) is 10.1 Å². The van der Waals surface area contributed by atoms with Gasteiger partial charge < -0.3 is 30.9 Å². The van der Waals surface area contributed by atoms with E-state index in [1.807, 2.05) is 24.3 Å². The van der Waals surface area contributed by atoms with Crippen LogP contribution >= 0.6 is 0 Å². The highest BCUT2D eigenvalue weighted by molar-refractivity contribution is 6.26. The molecular formula is C22H26N4O6. The van der Waals surface area contributed by atoms with Crippen LogP contribution < -0.4 is 10.6 Å². The predicted octanol–water partition coefficient (Wildman–Crippen LogP) is 0.800. The Morgan fingerprint density at radius 3 is 2.69 bits per heavy atom. The number of rotatable bonds is 11. The lowest BCUT2D eigenvalue weighted by molar-refractivity contribution is -0.142. The van der Waals surface area contributed by atoms with E-state index in [1.165, 1.54) is 0 Å². The second-order valence-corrected chi connectivity index (χ2v) is 7.73. The minimum atomic E-state index is -1.32. The van der Waals surface area contributed by atoms with Crippen molar-refractivity contribution in [1.82, 2.24) is 15.6 Å². The molecule has 1 aromatic heterocycles. The summed E-state index contributed by atoms with van der Waals surface area (Å²) in [6.07, 6.45) is 2.74. The van der Waals surface area contributed by atoms with E-state index >= 15 is 0 Å². The SMILES string of the molecule is N=CC(=O)CC[C@H](NC(=O)[C@H](Cc1c[nH]c2ccccc12)NC(=O)[C@@H]1CCOC1)C(=O)O. The number of aromatic amines is 1. The topological polar surface area (TPSA) is 161 Å². The summed E-state index contributed by atoms with van der Waals surface area (Å²) in [6, 6.07) is 5.20. The number of hydrogen-bond acceptors (Lipinski definition) is 6. The summed E-state index contributed by atoms with van der Waals surface area (Å²) in [6.45, 7) is 0.746. The van der Waals surface area contributed by atoms with Gasteiger partial charge in [-0.25, -0.2) is 4.79 Å². The van der Waals surface area contributed by atoms with Crippen LogP contribution in [0.25, 0.3) is 10.9 Å². The molecule has 0 radical (unpaired) electrons. The maximum absolute atomic E-state index is 13.0. The fourth-order valence-corrected chi connectivity index (χ4v) is 3.65. The fraction of sp³-hybridized carbons (Fsp3) is 0.409. The average molecular weight is 442 g/mol. The summed E-state index contributed by atoms with van der Waals surface area (Å²) in [7, 11) is 0. The molecule has 170 valence electrons. The Bertz CT molecular complexity index is 1010. The van der Waals surface area contributed by atoms with Crippen molar-refractivity contribution < 1.29 is 29.0 Å². The zero-order valence-electron chi connectivity index (χ0n) is 17.4. The molecule has 0 aliphatic carbocycles. The standard InChI is InChI=1S/C22H26N4O6/c23-10-15(27)5-6-18(22(30)31)25-21(29)19(26-20(28)13-7-8-32-12-13)9-14-11-24-17-4-2-1-3-16(14)17/h1-4,10-11,13,18-19,23-24H,5-9,12H2,(H,25,29)(H,26,28)(H,30,31)/t13-,18+,19+/m1/s1. The number of hydrogen-bond donors (Lipinski definition) is 5. The average Bonchev–Trinajstić information content (AvgIpc) is 3.46. The number of carbonyl (C=O) groups excluding carboxylic acids is 3. The van der Waals surface area contributed by atoms with Gasteiger partial charge in [0.1, 0.15) is 12.1 Å². The molecule has 3 rings (SSSR count). The van der Waals surface area contributed by atoms with Crippen molar-refractivity contribution in [3.05, 3.63) is 36.0 Å². The summed E-state index contributed by atoms with van der Waals surface area (Å²) in [5, 5.41) is 22.5. The monoisotopic (exact) mass is 442 g/mol. The molecule has 1 aliphatic rings. The van der Waals surface area contributed by atoms with Gasteiger partial charge in [-0.1, -0.05) is 18.2 Å². The van der Waals surface area contributed by atoms with Crippen LogP contribution in [0.4, 0.5) is 0 Å². The number of benzene rings is 1. The number of nitrogens with one attached hydrogen (secondary N) is 4. The quantitative estimate of drug-likeness (QED) is 0.323. The van der Waals surface area contributed by atoms with Crippen molar-refractivity contribution in [1.29, 1.82) is 5.41 Å². The molecule has 2 heterocycles. The number of aliphatic carboxylic acids is 1. The van der Waals surface area contributed by atoms with Gasteiger partial charge in [0.15, 0.2) is 5.78 Å². The third-order valence-corrected chi connectivity index (χ3v) is 5.49. The summed E-state index contributed by atoms with van der Waals surface area (Å²) >= 11 is 0. The van der Waals surface area contributed by atoms with Crippen molar-refractivity contribution in [3.63, 3.8) is 0 Å². The molecule has 5 N–H and O–H groups in total. The molecule has 0 unspecified atom stereocenters. The molecular weight excluding hydrogens is 416 g/mol. The van der Waals surface area contributed by atoms with Gasteiger partial charge in [0, 0.05) is 36.5 Å². The van der Waals surface area contributed by atoms with E-state index in [0.717, 1.165) is 16.5 Å². The maximum atomic E-state index is 13.0. The minimum Gasteiger partial charge on any atom is -0.480 e. The number of aromatic nitrogens is 1. The molecule has 10 heteroatoms. The number of carbonyl (C=O) groups is 4.